The highest BCUT2D eigenvalue weighted by molar-refractivity contribution is 5.78. The van der Waals surface area contributed by atoms with Crippen LogP contribution in [0.2, 0.25) is 0 Å². The molecule has 3 fully saturated rings. The quantitative estimate of drug-likeness (QED) is 0.741. The molecule has 3 aliphatic rings. The Bertz CT molecular complexity index is 470. The molecule has 0 aromatic heterocycles. The van der Waals surface area contributed by atoms with Gasteiger partial charge >= 0.3 is 6.09 Å². The van der Waals surface area contributed by atoms with Gasteiger partial charge in [-0.1, -0.05) is 0 Å². The summed E-state index contributed by atoms with van der Waals surface area (Å²) in [5, 5.41) is 0. The fraction of sp³-hybridized carbons (Fsp3) is 0.875. The number of amides is 2. The summed E-state index contributed by atoms with van der Waals surface area (Å²) in [5.41, 5.74) is -0.467. The monoisotopic (exact) mass is 325 g/mol. The van der Waals surface area contributed by atoms with Gasteiger partial charge in [0, 0.05) is 38.3 Å². The summed E-state index contributed by atoms with van der Waals surface area (Å²) in [5.74, 6) is 0.171. The fourth-order valence-corrected chi connectivity index (χ4v) is 3.57. The Morgan fingerprint density at radius 3 is 2.39 bits per heavy atom. The molecular formula is C16H27N3O4. The summed E-state index contributed by atoms with van der Waals surface area (Å²) in [6.45, 7) is 10.1. The van der Waals surface area contributed by atoms with Gasteiger partial charge in [-0.25, -0.2) is 4.79 Å². The smallest absolute Gasteiger partial charge is 0.410 e. The molecule has 0 unspecified atom stereocenters. The van der Waals surface area contributed by atoms with E-state index < -0.39 is 5.60 Å². The number of hydrogen-bond acceptors (Lipinski definition) is 5. The van der Waals surface area contributed by atoms with Crippen LogP contribution in [0.3, 0.4) is 0 Å². The average molecular weight is 325 g/mol. The Hall–Kier alpha value is -1.34. The van der Waals surface area contributed by atoms with Crippen molar-refractivity contribution in [1.82, 2.24) is 14.7 Å². The van der Waals surface area contributed by atoms with E-state index in [0.717, 1.165) is 13.0 Å². The van der Waals surface area contributed by atoms with Gasteiger partial charge in [-0.2, -0.15) is 0 Å². The molecule has 2 atom stereocenters. The minimum Gasteiger partial charge on any atom is -0.444 e. The lowest BCUT2D eigenvalue weighted by Crippen LogP contribution is -2.53. The summed E-state index contributed by atoms with van der Waals surface area (Å²) in [6.07, 6.45) is 0.708. The van der Waals surface area contributed by atoms with Crippen molar-refractivity contribution in [3.8, 4) is 0 Å². The number of nitrogens with zero attached hydrogens (tertiary/aromatic N) is 3. The van der Waals surface area contributed by atoms with Crippen molar-refractivity contribution in [3.63, 3.8) is 0 Å². The number of ether oxygens (including phenoxy) is 2. The van der Waals surface area contributed by atoms with Gasteiger partial charge in [0.25, 0.3) is 0 Å². The summed E-state index contributed by atoms with van der Waals surface area (Å²) >= 11 is 0. The maximum Gasteiger partial charge on any atom is 0.410 e. The van der Waals surface area contributed by atoms with Crippen molar-refractivity contribution in [2.45, 2.75) is 44.9 Å². The topological polar surface area (TPSA) is 62.3 Å². The van der Waals surface area contributed by atoms with E-state index in [1.807, 2.05) is 30.6 Å². The number of carbonyl (C=O) groups is 2. The Morgan fingerprint density at radius 1 is 1.13 bits per heavy atom. The third-order valence-electron chi connectivity index (χ3n) is 4.68. The van der Waals surface area contributed by atoms with Crippen molar-refractivity contribution in [2.24, 2.45) is 0 Å². The van der Waals surface area contributed by atoms with Gasteiger partial charge in [-0.05, 0) is 27.2 Å². The second-order valence-corrected chi connectivity index (χ2v) is 7.60. The highest BCUT2D eigenvalue weighted by Crippen LogP contribution is 2.31. The van der Waals surface area contributed by atoms with Gasteiger partial charge < -0.3 is 19.3 Å². The predicted octanol–water partition coefficient (Wildman–Crippen LogP) is 0.539. The molecule has 0 aromatic carbocycles. The highest BCUT2D eigenvalue weighted by Gasteiger charge is 2.47. The largest absolute Gasteiger partial charge is 0.444 e. The number of morpholine rings is 1. The third kappa shape index (κ3) is 3.77. The lowest BCUT2D eigenvalue weighted by Gasteiger charge is -2.36. The molecule has 0 radical (unpaired) electrons. The standard InChI is InChI=1S/C16H27N3O4/c1-16(2,3)23-15(21)19-10-12-8-13(19)9-18(12)11-14(20)17-4-6-22-7-5-17/h12-13H,4-11H2,1-3H3/t12-,13-/m1/s1. The van der Waals surface area contributed by atoms with E-state index in [4.69, 9.17) is 9.47 Å². The molecule has 7 nitrogen and oxygen atoms in total. The van der Waals surface area contributed by atoms with Gasteiger partial charge in [-0.15, -0.1) is 0 Å². The molecule has 3 saturated heterocycles. The summed E-state index contributed by atoms with van der Waals surface area (Å²) in [4.78, 5) is 30.5. The molecule has 2 bridgehead atoms. The molecule has 0 N–H and O–H groups in total. The van der Waals surface area contributed by atoms with E-state index in [1.165, 1.54) is 0 Å². The van der Waals surface area contributed by atoms with E-state index in [0.29, 0.717) is 39.4 Å². The fourth-order valence-electron chi connectivity index (χ4n) is 3.57. The number of carbonyl (C=O) groups excluding carboxylic acids is 2. The van der Waals surface area contributed by atoms with Crippen molar-refractivity contribution < 1.29 is 19.1 Å². The van der Waals surface area contributed by atoms with Crippen LogP contribution >= 0.6 is 0 Å². The predicted molar refractivity (Wildman–Crippen MR) is 84.1 cm³/mol. The molecule has 3 rings (SSSR count). The minimum absolute atomic E-state index is 0.171. The first-order chi connectivity index (χ1) is 10.8. The second kappa shape index (κ2) is 6.28. The van der Waals surface area contributed by atoms with Crippen LogP contribution < -0.4 is 0 Å². The Kier molecular flexibility index (Phi) is 4.51. The first-order valence-corrected chi connectivity index (χ1v) is 8.43. The average Bonchev–Trinajstić information content (AvgIpc) is 3.06. The molecule has 130 valence electrons. The molecule has 0 saturated carbocycles. The van der Waals surface area contributed by atoms with Crippen LogP contribution in [0.5, 0.6) is 0 Å². The van der Waals surface area contributed by atoms with Gasteiger partial charge in [0.2, 0.25) is 5.91 Å². The molecule has 0 aromatic rings. The van der Waals surface area contributed by atoms with Gasteiger partial charge in [-0.3, -0.25) is 9.69 Å². The Morgan fingerprint density at radius 2 is 1.83 bits per heavy atom. The van der Waals surface area contributed by atoms with Crippen LogP contribution in [0, 0.1) is 0 Å². The van der Waals surface area contributed by atoms with Crippen LogP contribution in [-0.2, 0) is 14.3 Å². The van der Waals surface area contributed by atoms with E-state index >= 15 is 0 Å². The van der Waals surface area contributed by atoms with Gasteiger partial charge in [0.15, 0.2) is 0 Å². The molecule has 0 aliphatic carbocycles. The zero-order valence-electron chi connectivity index (χ0n) is 14.3. The zero-order chi connectivity index (χ0) is 16.6. The highest BCUT2D eigenvalue weighted by atomic mass is 16.6. The van der Waals surface area contributed by atoms with Crippen molar-refractivity contribution in [3.05, 3.63) is 0 Å². The first kappa shape index (κ1) is 16.5. The van der Waals surface area contributed by atoms with Crippen LogP contribution in [0.4, 0.5) is 4.79 Å². The molecule has 7 heteroatoms. The van der Waals surface area contributed by atoms with E-state index in [1.54, 1.807) is 0 Å². The maximum atomic E-state index is 12.4. The maximum absolute atomic E-state index is 12.4. The number of fused-ring (bicyclic) bond motifs is 2. The van der Waals surface area contributed by atoms with E-state index in [9.17, 15) is 9.59 Å². The number of rotatable bonds is 2. The summed E-state index contributed by atoms with van der Waals surface area (Å²) in [7, 11) is 0. The van der Waals surface area contributed by atoms with Crippen molar-refractivity contribution in [2.75, 3.05) is 45.9 Å². The summed E-state index contributed by atoms with van der Waals surface area (Å²) in [6, 6.07) is 0.449. The van der Waals surface area contributed by atoms with E-state index in [2.05, 4.69) is 4.90 Å². The normalized spacial score (nSPS) is 28.3. The lowest BCUT2D eigenvalue weighted by molar-refractivity contribution is -0.137. The lowest BCUT2D eigenvalue weighted by atomic mass is 10.2. The second-order valence-electron chi connectivity index (χ2n) is 7.60. The molecule has 2 amide bonds. The zero-order valence-corrected chi connectivity index (χ0v) is 14.3. The SMILES string of the molecule is CC(C)(C)OC(=O)N1C[C@H]2C[C@@H]1CN2CC(=O)N1CCOCC1. The first-order valence-electron chi connectivity index (χ1n) is 8.43. The Balaban J connectivity index is 1.50. The summed E-state index contributed by atoms with van der Waals surface area (Å²) < 4.78 is 10.7. The molecular weight excluding hydrogens is 298 g/mol. The van der Waals surface area contributed by atoms with Crippen LogP contribution in [0.25, 0.3) is 0 Å². The molecule has 0 spiro atoms. The number of hydrogen-bond donors (Lipinski definition) is 0. The number of piperazine rings is 1. The van der Waals surface area contributed by atoms with Crippen molar-refractivity contribution in [1.29, 1.82) is 0 Å². The Labute approximate surface area is 137 Å². The van der Waals surface area contributed by atoms with Gasteiger partial charge in [0.05, 0.1) is 19.8 Å². The van der Waals surface area contributed by atoms with E-state index in [-0.39, 0.29) is 24.1 Å². The van der Waals surface area contributed by atoms with Gasteiger partial charge in [0.1, 0.15) is 5.60 Å². The third-order valence-corrected chi connectivity index (χ3v) is 4.68. The van der Waals surface area contributed by atoms with Crippen molar-refractivity contribution >= 4 is 12.0 Å². The minimum atomic E-state index is -0.467. The van der Waals surface area contributed by atoms with Crippen LogP contribution in [0.1, 0.15) is 27.2 Å². The molecule has 3 heterocycles. The van der Waals surface area contributed by atoms with Crippen LogP contribution in [-0.4, -0.2) is 90.3 Å². The molecule has 3 aliphatic heterocycles. The molecule has 23 heavy (non-hydrogen) atoms. The van der Waals surface area contributed by atoms with Crippen LogP contribution in [0.15, 0.2) is 0 Å². The number of likely N-dealkylation sites (tertiary alicyclic amines) is 2.